The van der Waals surface area contributed by atoms with Crippen LogP contribution < -0.4 is 5.32 Å². The van der Waals surface area contributed by atoms with Gasteiger partial charge in [0, 0.05) is 32.7 Å². The summed E-state index contributed by atoms with van der Waals surface area (Å²) in [6.07, 6.45) is 0. The van der Waals surface area contributed by atoms with Crippen LogP contribution in [0.2, 0.25) is 0 Å². The molecule has 11 heavy (non-hydrogen) atoms. The average molecular weight is 172 g/mol. The molecule has 0 amide bonds. The molecule has 0 aliphatic carbocycles. The van der Waals surface area contributed by atoms with Crippen LogP contribution in [0.1, 0.15) is 0 Å². The minimum absolute atomic E-state index is 1.01. The Balaban J connectivity index is 1.67. The van der Waals surface area contributed by atoms with Gasteiger partial charge in [0.15, 0.2) is 0 Å². The molecular weight excluding hydrogens is 156 g/mol. The van der Waals surface area contributed by atoms with Gasteiger partial charge in [0.25, 0.3) is 0 Å². The van der Waals surface area contributed by atoms with E-state index in [1.165, 1.54) is 44.2 Å². The van der Waals surface area contributed by atoms with E-state index >= 15 is 0 Å². The van der Waals surface area contributed by atoms with Gasteiger partial charge in [0.05, 0.1) is 0 Å². The zero-order valence-electron chi connectivity index (χ0n) is 6.88. The predicted molar refractivity (Wildman–Crippen MR) is 50.1 cm³/mol. The number of nitrogens with zero attached hydrogens (tertiary/aromatic N) is 1. The maximum absolute atomic E-state index is 3.38. The van der Waals surface area contributed by atoms with Gasteiger partial charge < -0.3 is 10.2 Å². The fraction of sp³-hybridized carbons (Fsp3) is 1.00. The van der Waals surface area contributed by atoms with E-state index in [4.69, 9.17) is 0 Å². The van der Waals surface area contributed by atoms with Gasteiger partial charge in [0.2, 0.25) is 0 Å². The summed E-state index contributed by atoms with van der Waals surface area (Å²) >= 11 is 2.09. The van der Waals surface area contributed by atoms with Crippen molar-refractivity contribution in [2.45, 2.75) is 0 Å². The van der Waals surface area contributed by atoms with Gasteiger partial charge in [-0.1, -0.05) is 0 Å². The molecular formula is C8H16N2S. The largest absolute Gasteiger partial charge is 0.314 e. The highest BCUT2D eigenvalue weighted by Gasteiger charge is 2.21. The Labute approximate surface area is 72.7 Å². The average Bonchev–Trinajstić information content (AvgIpc) is 1.99. The molecule has 0 aromatic rings. The molecule has 0 saturated carbocycles. The Morgan fingerprint density at radius 2 is 2.00 bits per heavy atom. The van der Waals surface area contributed by atoms with Crippen LogP contribution in [0.4, 0.5) is 0 Å². The van der Waals surface area contributed by atoms with E-state index in [9.17, 15) is 0 Å². The molecule has 1 N–H and O–H groups in total. The first-order chi connectivity index (χ1) is 5.45. The van der Waals surface area contributed by atoms with Crippen LogP contribution in [-0.4, -0.2) is 49.1 Å². The first kappa shape index (κ1) is 7.90. The van der Waals surface area contributed by atoms with Crippen molar-refractivity contribution in [3.8, 4) is 0 Å². The maximum Gasteiger partial charge on any atom is 0.0107 e. The van der Waals surface area contributed by atoms with Crippen LogP contribution in [0.5, 0.6) is 0 Å². The Morgan fingerprint density at radius 3 is 2.55 bits per heavy atom. The highest BCUT2D eigenvalue weighted by molar-refractivity contribution is 8.00. The Bertz CT molecular complexity index is 119. The molecule has 64 valence electrons. The summed E-state index contributed by atoms with van der Waals surface area (Å²) in [5.74, 6) is 3.83. The third-order valence-electron chi connectivity index (χ3n) is 2.43. The van der Waals surface area contributed by atoms with Gasteiger partial charge in [-0.25, -0.2) is 0 Å². The minimum atomic E-state index is 1.01. The molecule has 2 nitrogen and oxygen atoms in total. The molecule has 0 bridgehead atoms. The lowest BCUT2D eigenvalue weighted by Crippen LogP contribution is -2.46. The monoisotopic (exact) mass is 172 g/mol. The molecule has 0 radical (unpaired) electrons. The Kier molecular flexibility index (Phi) is 2.72. The van der Waals surface area contributed by atoms with Gasteiger partial charge in [-0.05, 0) is 17.4 Å². The van der Waals surface area contributed by atoms with Gasteiger partial charge in [-0.3, -0.25) is 0 Å². The first-order valence-corrected chi connectivity index (χ1v) is 5.61. The molecule has 2 aliphatic rings. The van der Waals surface area contributed by atoms with Crippen LogP contribution in [0.3, 0.4) is 0 Å². The summed E-state index contributed by atoms with van der Waals surface area (Å²) in [4.78, 5) is 2.60. The van der Waals surface area contributed by atoms with Crippen LogP contribution in [-0.2, 0) is 0 Å². The van der Waals surface area contributed by atoms with Crippen LogP contribution in [0.15, 0.2) is 0 Å². The Morgan fingerprint density at radius 1 is 1.27 bits per heavy atom. The number of rotatable bonds is 2. The molecule has 2 rings (SSSR count). The Hall–Kier alpha value is 0.270. The SMILES string of the molecule is C1CN(CC2CSC2)CCN1. The smallest absolute Gasteiger partial charge is 0.0107 e. The zero-order chi connectivity index (χ0) is 7.52. The van der Waals surface area contributed by atoms with Crippen molar-refractivity contribution in [3.05, 3.63) is 0 Å². The summed E-state index contributed by atoms with van der Waals surface area (Å²) in [6.45, 7) is 6.27. The van der Waals surface area contributed by atoms with Crippen molar-refractivity contribution in [2.24, 2.45) is 5.92 Å². The molecule has 2 heterocycles. The third kappa shape index (κ3) is 2.10. The lowest BCUT2D eigenvalue weighted by molar-refractivity contribution is 0.216. The van der Waals surface area contributed by atoms with E-state index in [-0.39, 0.29) is 0 Å². The second-order valence-electron chi connectivity index (χ2n) is 3.45. The highest BCUT2D eigenvalue weighted by Crippen LogP contribution is 2.25. The molecule has 0 aromatic heterocycles. The van der Waals surface area contributed by atoms with Gasteiger partial charge in [-0.2, -0.15) is 11.8 Å². The quantitative estimate of drug-likeness (QED) is 0.643. The van der Waals surface area contributed by atoms with Crippen LogP contribution in [0, 0.1) is 5.92 Å². The second kappa shape index (κ2) is 3.78. The molecule has 0 atom stereocenters. The van der Waals surface area contributed by atoms with Crippen molar-refractivity contribution in [1.82, 2.24) is 10.2 Å². The molecule has 2 saturated heterocycles. The summed E-state index contributed by atoms with van der Waals surface area (Å²) in [6, 6.07) is 0. The lowest BCUT2D eigenvalue weighted by atomic mass is 10.2. The van der Waals surface area contributed by atoms with E-state index < -0.39 is 0 Å². The lowest BCUT2D eigenvalue weighted by Gasteiger charge is -2.34. The summed E-state index contributed by atoms with van der Waals surface area (Å²) in [5.41, 5.74) is 0. The zero-order valence-corrected chi connectivity index (χ0v) is 7.70. The predicted octanol–water partition coefficient (Wildman–Crippen LogP) is 0.255. The first-order valence-electron chi connectivity index (χ1n) is 4.46. The number of thioether (sulfide) groups is 1. The third-order valence-corrected chi connectivity index (χ3v) is 3.85. The summed E-state index contributed by atoms with van der Waals surface area (Å²) in [7, 11) is 0. The van der Waals surface area contributed by atoms with Crippen molar-refractivity contribution in [2.75, 3.05) is 44.2 Å². The van der Waals surface area contributed by atoms with Crippen molar-refractivity contribution >= 4 is 11.8 Å². The molecule has 0 unspecified atom stereocenters. The van der Waals surface area contributed by atoms with E-state index in [0.717, 1.165) is 5.92 Å². The van der Waals surface area contributed by atoms with Crippen molar-refractivity contribution in [3.63, 3.8) is 0 Å². The van der Waals surface area contributed by atoms with E-state index in [2.05, 4.69) is 22.0 Å². The highest BCUT2D eigenvalue weighted by atomic mass is 32.2. The van der Waals surface area contributed by atoms with Crippen LogP contribution in [0.25, 0.3) is 0 Å². The van der Waals surface area contributed by atoms with Gasteiger partial charge >= 0.3 is 0 Å². The summed E-state index contributed by atoms with van der Waals surface area (Å²) in [5, 5.41) is 3.38. The van der Waals surface area contributed by atoms with Gasteiger partial charge in [0.1, 0.15) is 0 Å². The minimum Gasteiger partial charge on any atom is -0.314 e. The number of hydrogen-bond donors (Lipinski definition) is 1. The summed E-state index contributed by atoms with van der Waals surface area (Å²) < 4.78 is 0. The fourth-order valence-electron chi connectivity index (χ4n) is 1.65. The van der Waals surface area contributed by atoms with E-state index in [0.29, 0.717) is 0 Å². The van der Waals surface area contributed by atoms with Crippen LogP contribution >= 0.6 is 11.8 Å². The second-order valence-corrected chi connectivity index (χ2v) is 4.53. The number of hydrogen-bond acceptors (Lipinski definition) is 3. The molecule has 2 fully saturated rings. The van der Waals surface area contributed by atoms with E-state index in [1.54, 1.807) is 0 Å². The normalized spacial score (nSPS) is 28.4. The molecule has 0 spiro atoms. The number of nitrogens with one attached hydrogen (secondary N) is 1. The molecule has 3 heteroatoms. The van der Waals surface area contributed by atoms with E-state index in [1.807, 2.05) is 0 Å². The topological polar surface area (TPSA) is 15.3 Å². The van der Waals surface area contributed by atoms with Gasteiger partial charge in [-0.15, -0.1) is 0 Å². The standard InChI is InChI=1S/C8H16N2S/c1-3-10(4-2-9-1)5-8-6-11-7-8/h8-9H,1-7H2. The number of piperazine rings is 1. The fourth-order valence-corrected chi connectivity index (χ4v) is 2.43. The van der Waals surface area contributed by atoms with Crippen molar-refractivity contribution < 1.29 is 0 Å². The maximum atomic E-state index is 3.38. The molecule has 2 aliphatic heterocycles. The van der Waals surface area contributed by atoms with Crippen molar-refractivity contribution in [1.29, 1.82) is 0 Å². The molecule has 0 aromatic carbocycles.